The van der Waals surface area contributed by atoms with Crippen LogP contribution in [0.5, 0.6) is 5.75 Å². The van der Waals surface area contributed by atoms with Gasteiger partial charge in [0.25, 0.3) is 0 Å². The second-order valence-corrected chi connectivity index (χ2v) is 4.71. The lowest BCUT2D eigenvalue weighted by molar-refractivity contribution is 0.0580. The molecule has 2 rings (SSSR count). The number of aromatic carboxylic acids is 1. The van der Waals surface area contributed by atoms with Crippen LogP contribution in [0.1, 0.15) is 31.8 Å². The number of ether oxygens (including phenoxy) is 2. The fourth-order valence-corrected chi connectivity index (χ4v) is 2.09. The van der Waals surface area contributed by atoms with Crippen molar-refractivity contribution >= 4 is 11.9 Å². The molecular weight excluding hydrogens is 284 g/mol. The third kappa shape index (κ3) is 3.25. The molecule has 0 unspecified atom stereocenters. The first-order chi connectivity index (χ1) is 10.5. The molecule has 1 N–H and O–H groups in total. The van der Waals surface area contributed by atoms with Crippen molar-refractivity contribution in [2.24, 2.45) is 0 Å². The minimum absolute atomic E-state index is 0.0244. The van der Waals surface area contributed by atoms with E-state index in [9.17, 15) is 14.7 Å². The van der Waals surface area contributed by atoms with Crippen LogP contribution < -0.4 is 4.74 Å². The Morgan fingerprint density at radius 2 is 1.77 bits per heavy atom. The van der Waals surface area contributed by atoms with Crippen LogP contribution >= 0.6 is 0 Å². The van der Waals surface area contributed by atoms with E-state index >= 15 is 0 Å². The number of carboxylic acids is 1. The number of hydrogen-bond donors (Lipinski definition) is 1. The SMILES string of the molecule is COC(=O)c1ccc(C)c(OCc2ccccc2)c1C(=O)O. The van der Waals surface area contributed by atoms with Crippen LogP contribution in [0, 0.1) is 6.92 Å². The molecule has 0 atom stereocenters. The molecule has 2 aromatic rings. The lowest BCUT2D eigenvalue weighted by atomic mass is 10.0. The molecule has 0 saturated heterocycles. The fraction of sp³-hybridized carbons (Fsp3) is 0.176. The molecule has 0 radical (unpaired) electrons. The van der Waals surface area contributed by atoms with E-state index in [0.29, 0.717) is 5.56 Å². The standard InChI is InChI=1S/C17H16O5/c1-11-8-9-13(17(20)21-2)14(16(18)19)15(11)22-10-12-6-4-3-5-7-12/h3-9H,10H2,1-2H3,(H,18,19). The summed E-state index contributed by atoms with van der Waals surface area (Å²) in [5, 5.41) is 9.42. The number of esters is 1. The van der Waals surface area contributed by atoms with Crippen molar-refractivity contribution in [1.82, 2.24) is 0 Å². The monoisotopic (exact) mass is 300 g/mol. The summed E-state index contributed by atoms with van der Waals surface area (Å²) in [4.78, 5) is 23.3. The van der Waals surface area contributed by atoms with Gasteiger partial charge in [-0.1, -0.05) is 36.4 Å². The van der Waals surface area contributed by atoms with Gasteiger partial charge >= 0.3 is 11.9 Å². The summed E-state index contributed by atoms with van der Waals surface area (Å²) >= 11 is 0. The van der Waals surface area contributed by atoms with Crippen molar-refractivity contribution in [3.8, 4) is 5.75 Å². The molecule has 0 aliphatic rings. The molecule has 0 spiro atoms. The van der Waals surface area contributed by atoms with Crippen LogP contribution in [-0.2, 0) is 11.3 Å². The minimum atomic E-state index is -1.23. The second kappa shape index (κ2) is 6.76. The number of carbonyl (C=O) groups is 2. The summed E-state index contributed by atoms with van der Waals surface area (Å²) in [5.74, 6) is -1.76. The summed E-state index contributed by atoms with van der Waals surface area (Å²) in [6.45, 7) is 1.94. The average Bonchev–Trinajstić information content (AvgIpc) is 2.53. The first-order valence-electron chi connectivity index (χ1n) is 6.66. The smallest absolute Gasteiger partial charge is 0.340 e. The van der Waals surface area contributed by atoms with Gasteiger partial charge in [0.15, 0.2) is 0 Å². The van der Waals surface area contributed by atoms with Gasteiger partial charge in [0, 0.05) is 0 Å². The normalized spacial score (nSPS) is 10.1. The van der Waals surface area contributed by atoms with E-state index in [1.165, 1.54) is 13.2 Å². The first kappa shape index (κ1) is 15.6. The Labute approximate surface area is 128 Å². The maximum absolute atomic E-state index is 11.7. The van der Waals surface area contributed by atoms with Gasteiger partial charge in [-0.25, -0.2) is 9.59 Å². The summed E-state index contributed by atoms with van der Waals surface area (Å²) < 4.78 is 10.3. The highest BCUT2D eigenvalue weighted by Gasteiger charge is 2.23. The van der Waals surface area contributed by atoms with E-state index in [1.54, 1.807) is 13.0 Å². The van der Waals surface area contributed by atoms with E-state index in [4.69, 9.17) is 4.74 Å². The van der Waals surface area contributed by atoms with Crippen LogP contribution in [0.4, 0.5) is 0 Å². The highest BCUT2D eigenvalue weighted by molar-refractivity contribution is 6.04. The predicted molar refractivity (Wildman–Crippen MR) is 80.3 cm³/mol. The zero-order valence-electron chi connectivity index (χ0n) is 12.3. The maximum Gasteiger partial charge on any atom is 0.340 e. The van der Waals surface area contributed by atoms with E-state index in [1.807, 2.05) is 30.3 Å². The molecule has 22 heavy (non-hydrogen) atoms. The van der Waals surface area contributed by atoms with Crippen molar-refractivity contribution in [3.63, 3.8) is 0 Å². The van der Waals surface area contributed by atoms with Crippen molar-refractivity contribution in [2.45, 2.75) is 13.5 Å². The minimum Gasteiger partial charge on any atom is -0.488 e. The number of aryl methyl sites for hydroxylation is 1. The Morgan fingerprint density at radius 1 is 1.09 bits per heavy atom. The van der Waals surface area contributed by atoms with Crippen LogP contribution in [0.3, 0.4) is 0 Å². The maximum atomic E-state index is 11.7. The van der Waals surface area contributed by atoms with Crippen molar-refractivity contribution < 1.29 is 24.2 Å². The molecule has 2 aromatic carbocycles. The van der Waals surface area contributed by atoms with Crippen molar-refractivity contribution in [2.75, 3.05) is 7.11 Å². The Kier molecular flexibility index (Phi) is 4.78. The number of carbonyl (C=O) groups excluding carboxylic acids is 1. The zero-order chi connectivity index (χ0) is 16.1. The summed E-state index contributed by atoms with van der Waals surface area (Å²) in [6, 6.07) is 12.4. The van der Waals surface area contributed by atoms with Gasteiger partial charge < -0.3 is 14.6 Å². The number of rotatable bonds is 5. The van der Waals surface area contributed by atoms with E-state index in [-0.39, 0.29) is 23.5 Å². The number of benzene rings is 2. The summed E-state index contributed by atoms with van der Waals surface area (Å²) in [7, 11) is 1.21. The molecule has 0 aromatic heterocycles. The molecule has 0 bridgehead atoms. The van der Waals surface area contributed by atoms with Gasteiger partial charge in [-0.2, -0.15) is 0 Å². The third-order valence-corrected chi connectivity index (χ3v) is 3.20. The summed E-state index contributed by atoms with van der Waals surface area (Å²) in [6.07, 6.45) is 0. The number of hydrogen-bond acceptors (Lipinski definition) is 4. The van der Waals surface area contributed by atoms with Crippen molar-refractivity contribution in [1.29, 1.82) is 0 Å². The molecule has 0 aliphatic heterocycles. The topological polar surface area (TPSA) is 72.8 Å². The lowest BCUT2D eigenvalue weighted by Gasteiger charge is -2.14. The predicted octanol–water partition coefficient (Wildman–Crippen LogP) is 3.06. The van der Waals surface area contributed by atoms with Gasteiger partial charge in [-0.3, -0.25) is 0 Å². The number of carboxylic acid groups (broad SMARTS) is 1. The Balaban J connectivity index is 2.40. The third-order valence-electron chi connectivity index (χ3n) is 3.20. The van der Waals surface area contributed by atoms with E-state index in [0.717, 1.165) is 5.56 Å². The van der Waals surface area contributed by atoms with Crippen LogP contribution in [0.25, 0.3) is 0 Å². The van der Waals surface area contributed by atoms with Crippen LogP contribution in [0.2, 0.25) is 0 Å². The Morgan fingerprint density at radius 3 is 2.36 bits per heavy atom. The van der Waals surface area contributed by atoms with Gasteiger partial charge in [-0.05, 0) is 24.1 Å². The molecule has 0 aliphatic carbocycles. The van der Waals surface area contributed by atoms with Crippen molar-refractivity contribution in [3.05, 3.63) is 64.7 Å². The molecule has 114 valence electrons. The van der Waals surface area contributed by atoms with Gasteiger partial charge in [0.2, 0.25) is 0 Å². The highest BCUT2D eigenvalue weighted by Crippen LogP contribution is 2.28. The molecule has 0 amide bonds. The summed E-state index contributed by atoms with van der Waals surface area (Å²) in [5.41, 5.74) is 1.34. The second-order valence-electron chi connectivity index (χ2n) is 4.71. The number of methoxy groups -OCH3 is 1. The van der Waals surface area contributed by atoms with Gasteiger partial charge in [-0.15, -0.1) is 0 Å². The quantitative estimate of drug-likeness (QED) is 0.859. The molecule has 0 heterocycles. The van der Waals surface area contributed by atoms with E-state index in [2.05, 4.69) is 4.74 Å². The zero-order valence-corrected chi connectivity index (χ0v) is 12.3. The molecule has 5 nitrogen and oxygen atoms in total. The average molecular weight is 300 g/mol. The van der Waals surface area contributed by atoms with E-state index < -0.39 is 11.9 Å². The molecular formula is C17H16O5. The fourth-order valence-electron chi connectivity index (χ4n) is 2.09. The Bertz CT molecular complexity index is 692. The highest BCUT2D eigenvalue weighted by atomic mass is 16.5. The lowest BCUT2D eigenvalue weighted by Crippen LogP contribution is -2.13. The Hall–Kier alpha value is -2.82. The first-order valence-corrected chi connectivity index (χ1v) is 6.66. The van der Waals surface area contributed by atoms with Gasteiger partial charge in [0.1, 0.15) is 17.9 Å². The molecule has 0 fully saturated rings. The van der Waals surface area contributed by atoms with Crippen LogP contribution in [-0.4, -0.2) is 24.2 Å². The largest absolute Gasteiger partial charge is 0.488 e. The molecule has 0 saturated carbocycles. The van der Waals surface area contributed by atoms with Crippen LogP contribution in [0.15, 0.2) is 42.5 Å². The molecule has 5 heteroatoms. The van der Waals surface area contributed by atoms with Gasteiger partial charge in [0.05, 0.1) is 12.7 Å².